The summed E-state index contributed by atoms with van der Waals surface area (Å²) in [5.41, 5.74) is 10.9. The molecule has 2 atom stereocenters. The zero-order valence-corrected chi connectivity index (χ0v) is 17.9. The molecule has 4 aliphatic rings. The Balaban J connectivity index is 1.31. The van der Waals surface area contributed by atoms with Gasteiger partial charge in [-0.25, -0.2) is 0 Å². The third kappa shape index (κ3) is 3.81. The minimum absolute atomic E-state index is 0.171. The van der Waals surface area contributed by atoms with Gasteiger partial charge >= 0.3 is 0 Å². The molecular formula is C25H37N3O. The van der Waals surface area contributed by atoms with E-state index in [0.29, 0.717) is 6.04 Å². The van der Waals surface area contributed by atoms with Gasteiger partial charge in [0.05, 0.1) is 5.56 Å². The average Bonchev–Trinajstić information content (AvgIpc) is 3.51. The molecule has 2 heterocycles. The Morgan fingerprint density at radius 2 is 1.72 bits per heavy atom. The number of hydrogen-bond donors (Lipinski definition) is 1. The molecule has 1 aromatic rings. The molecule has 1 aromatic carbocycles. The zero-order chi connectivity index (χ0) is 19.8. The molecule has 2 saturated heterocycles. The highest BCUT2D eigenvalue weighted by molar-refractivity contribution is 6.00. The van der Waals surface area contributed by atoms with E-state index in [-0.39, 0.29) is 5.91 Å². The van der Waals surface area contributed by atoms with Gasteiger partial charge < -0.3 is 15.5 Å². The molecule has 29 heavy (non-hydrogen) atoms. The minimum Gasteiger partial charge on any atom is -0.398 e. The maximum Gasteiger partial charge on any atom is 0.256 e. The zero-order valence-electron chi connectivity index (χ0n) is 17.9. The Kier molecular flexibility index (Phi) is 5.55. The van der Waals surface area contributed by atoms with Crippen LogP contribution in [0.25, 0.3) is 0 Å². The lowest BCUT2D eigenvalue weighted by atomic mass is 9.75. The fourth-order valence-corrected chi connectivity index (χ4v) is 6.64. The summed E-state index contributed by atoms with van der Waals surface area (Å²) in [5.74, 6) is 1.92. The highest BCUT2D eigenvalue weighted by Gasteiger charge is 2.34. The van der Waals surface area contributed by atoms with Crippen molar-refractivity contribution >= 4 is 11.6 Å². The number of nitrogens with zero attached hydrogens (tertiary/aromatic N) is 2. The van der Waals surface area contributed by atoms with E-state index in [1.54, 1.807) is 0 Å². The van der Waals surface area contributed by atoms with Gasteiger partial charge in [-0.15, -0.1) is 0 Å². The van der Waals surface area contributed by atoms with Crippen molar-refractivity contribution in [1.82, 2.24) is 9.80 Å². The van der Waals surface area contributed by atoms with Crippen molar-refractivity contribution in [3.63, 3.8) is 0 Å². The quantitative estimate of drug-likeness (QED) is 0.775. The number of nitrogen functional groups attached to an aromatic ring is 1. The number of amides is 1. The molecule has 0 aromatic heterocycles. The third-order valence-electron chi connectivity index (χ3n) is 8.30. The lowest BCUT2D eigenvalue weighted by molar-refractivity contribution is 0.0709. The molecule has 2 aliphatic heterocycles. The fraction of sp³-hybridized carbons (Fsp3) is 0.720. The fourth-order valence-electron chi connectivity index (χ4n) is 6.64. The monoisotopic (exact) mass is 395 g/mol. The van der Waals surface area contributed by atoms with E-state index < -0.39 is 0 Å². The standard InChI is InChI=1S/C25H37N3O/c26-24-22-11-9-19(18-6-1-2-7-18)16-20(22)10-12-23(24)25(29)28-15-5-8-21(28)17-27-13-3-4-14-27/h10,12,18-19,21H,1-9,11,13-17,26H2. The Hall–Kier alpha value is -1.55. The molecule has 5 rings (SSSR count). The molecule has 0 spiro atoms. The minimum atomic E-state index is 0.171. The smallest absolute Gasteiger partial charge is 0.256 e. The summed E-state index contributed by atoms with van der Waals surface area (Å²) in [6.45, 7) is 4.32. The first kappa shape index (κ1) is 19.4. The normalized spacial score (nSPS) is 28.2. The summed E-state index contributed by atoms with van der Waals surface area (Å²) in [6.07, 6.45) is 14.0. The number of carbonyl (C=O) groups is 1. The molecule has 4 nitrogen and oxygen atoms in total. The van der Waals surface area contributed by atoms with Gasteiger partial charge in [0, 0.05) is 24.8 Å². The van der Waals surface area contributed by atoms with E-state index in [0.717, 1.165) is 55.4 Å². The summed E-state index contributed by atoms with van der Waals surface area (Å²) < 4.78 is 0. The van der Waals surface area contributed by atoms with Gasteiger partial charge in [0.1, 0.15) is 0 Å². The van der Waals surface area contributed by atoms with Gasteiger partial charge in [-0.2, -0.15) is 0 Å². The second kappa shape index (κ2) is 8.29. The Labute approximate surface area is 175 Å². The van der Waals surface area contributed by atoms with E-state index in [9.17, 15) is 4.79 Å². The van der Waals surface area contributed by atoms with Crippen LogP contribution in [0.4, 0.5) is 5.69 Å². The summed E-state index contributed by atoms with van der Waals surface area (Å²) in [6, 6.07) is 4.63. The van der Waals surface area contributed by atoms with Gasteiger partial charge in [-0.1, -0.05) is 31.7 Å². The number of carbonyl (C=O) groups excluding carboxylic acids is 1. The summed E-state index contributed by atoms with van der Waals surface area (Å²) >= 11 is 0. The predicted octanol–water partition coefficient (Wildman–Crippen LogP) is 4.26. The third-order valence-corrected chi connectivity index (χ3v) is 8.30. The number of benzene rings is 1. The van der Waals surface area contributed by atoms with Gasteiger partial charge in [0.15, 0.2) is 0 Å². The first-order chi connectivity index (χ1) is 14.2. The van der Waals surface area contributed by atoms with E-state index in [1.165, 1.54) is 75.6 Å². The van der Waals surface area contributed by atoms with Crippen molar-refractivity contribution in [1.29, 1.82) is 0 Å². The van der Waals surface area contributed by atoms with E-state index in [1.807, 2.05) is 6.07 Å². The molecule has 158 valence electrons. The van der Waals surface area contributed by atoms with Crippen molar-refractivity contribution in [3.05, 3.63) is 28.8 Å². The van der Waals surface area contributed by atoms with Crippen molar-refractivity contribution in [2.24, 2.45) is 11.8 Å². The van der Waals surface area contributed by atoms with Gasteiger partial charge in [-0.05, 0) is 87.1 Å². The van der Waals surface area contributed by atoms with Crippen molar-refractivity contribution in [3.8, 4) is 0 Å². The van der Waals surface area contributed by atoms with Crippen LogP contribution >= 0.6 is 0 Å². The molecule has 2 N–H and O–H groups in total. The first-order valence-electron chi connectivity index (χ1n) is 12.1. The largest absolute Gasteiger partial charge is 0.398 e. The topological polar surface area (TPSA) is 49.6 Å². The SMILES string of the molecule is Nc1c(C(=O)N2CCCC2CN2CCCC2)ccc2c1CCC(C1CCCC1)C2. The number of rotatable bonds is 4. The average molecular weight is 396 g/mol. The summed E-state index contributed by atoms with van der Waals surface area (Å²) in [5, 5.41) is 0. The van der Waals surface area contributed by atoms with Gasteiger partial charge in [0.25, 0.3) is 5.91 Å². The second-order valence-electron chi connectivity index (χ2n) is 10.0. The first-order valence-corrected chi connectivity index (χ1v) is 12.1. The molecule has 4 heteroatoms. The lowest BCUT2D eigenvalue weighted by Gasteiger charge is -2.32. The van der Waals surface area contributed by atoms with Crippen molar-refractivity contribution in [2.75, 3.05) is 31.9 Å². The van der Waals surface area contributed by atoms with Crippen LogP contribution < -0.4 is 5.73 Å². The lowest BCUT2D eigenvalue weighted by Crippen LogP contribution is -2.42. The molecule has 0 bridgehead atoms. The van der Waals surface area contributed by atoms with Crippen LogP contribution in [0.5, 0.6) is 0 Å². The van der Waals surface area contributed by atoms with Crippen LogP contribution in [0.1, 0.15) is 79.3 Å². The molecule has 3 fully saturated rings. The van der Waals surface area contributed by atoms with E-state index >= 15 is 0 Å². The van der Waals surface area contributed by atoms with E-state index in [2.05, 4.69) is 15.9 Å². The van der Waals surface area contributed by atoms with E-state index in [4.69, 9.17) is 5.73 Å². The maximum absolute atomic E-state index is 13.4. The van der Waals surface area contributed by atoms with Crippen LogP contribution in [-0.4, -0.2) is 47.9 Å². The second-order valence-corrected chi connectivity index (χ2v) is 10.0. The van der Waals surface area contributed by atoms with Crippen LogP contribution in [0.15, 0.2) is 12.1 Å². The number of nitrogens with two attached hydrogens (primary N) is 1. The van der Waals surface area contributed by atoms with Crippen molar-refractivity contribution in [2.45, 2.75) is 76.7 Å². The Morgan fingerprint density at radius 3 is 2.52 bits per heavy atom. The predicted molar refractivity (Wildman–Crippen MR) is 118 cm³/mol. The number of likely N-dealkylation sites (tertiary alicyclic amines) is 2. The Bertz CT molecular complexity index is 749. The Morgan fingerprint density at radius 1 is 0.931 bits per heavy atom. The van der Waals surface area contributed by atoms with Gasteiger partial charge in [0.2, 0.25) is 0 Å². The number of hydrogen-bond acceptors (Lipinski definition) is 3. The highest BCUT2D eigenvalue weighted by atomic mass is 16.2. The molecule has 0 radical (unpaired) electrons. The number of fused-ring (bicyclic) bond motifs is 1. The molecule has 2 unspecified atom stereocenters. The summed E-state index contributed by atoms with van der Waals surface area (Å²) in [7, 11) is 0. The maximum atomic E-state index is 13.4. The molecule has 2 aliphatic carbocycles. The van der Waals surface area contributed by atoms with Crippen LogP contribution in [0.2, 0.25) is 0 Å². The van der Waals surface area contributed by atoms with Gasteiger partial charge in [-0.3, -0.25) is 4.79 Å². The molecule has 1 amide bonds. The number of anilines is 1. The van der Waals surface area contributed by atoms with Crippen molar-refractivity contribution < 1.29 is 4.79 Å². The highest BCUT2D eigenvalue weighted by Crippen LogP contribution is 2.41. The summed E-state index contributed by atoms with van der Waals surface area (Å²) in [4.78, 5) is 18.1. The van der Waals surface area contributed by atoms with Crippen LogP contribution in [-0.2, 0) is 12.8 Å². The molecular weight excluding hydrogens is 358 g/mol. The molecule has 1 saturated carbocycles. The van der Waals surface area contributed by atoms with Crippen LogP contribution in [0.3, 0.4) is 0 Å². The van der Waals surface area contributed by atoms with Crippen LogP contribution in [0, 0.1) is 11.8 Å².